The normalized spacial score (nSPS) is 17.3. The Kier molecular flexibility index (Phi) is 8.36. The minimum Gasteiger partial charge on any atom is -0.475 e. The Bertz CT molecular complexity index is 465. The molecule has 0 unspecified atom stereocenters. The molecule has 0 aliphatic rings. The molecule has 0 rings (SSSR count). The Labute approximate surface area is 132 Å². The van der Waals surface area contributed by atoms with Crippen LogP contribution in [0.25, 0.3) is 0 Å². The van der Waals surface area contributed by atoms with Gasteiger partial charge in [0.25, 0.3) is 0 Å². The van der Waals surface area contributed by atoms with E-state index in [-0.39, 0.29) is 0 Å². The molecule has 2 amide bonds. The van der Waals surface area contributed by atoms with Gasteiger partial charge < -0.3 is 31.1 Å². The van der Waals surface area contributed by atoms with Crippen LogP contribution in [0.3, 0.4) is 0 Å². The summed E-state index contributed by atoms with van der Waals surface area (Å²) in [6.45, 7) is 3.49. The predicted molar refractivity (Wildman–Crippen MR) is 76.2 cm³/mol. The van der Waals surface area contributed by atoms with Gasteiger partial charge in [-0.2, -0.15) is 0 Å². The number of carboxylic acid groups (broad SMARTS) is 1. The Morgan fingerprint density at radius 2 is 1.35 bits per heavy atom. The summed E-state index contributed by atoms with van der Waals surface area (Å²) in [5.41, 5.74) is 0. The highest BCUT2D eigenvalue weighted by Gasteiger charge is 2.37. The molecule has 0 spiro atoms. The van der Waals surface area contributed by atoms with E-state index in [2.05, 4.69) is 10.6 Å². The van der Waals surface area contributed by atoms with E-state index in [1.165, 1.54) is 6.92 Å². The van der Waals surface area contributed by atoms with Crippen molar-refractivity contribution in [3.05, 3.63) is 0 Å². The lowest BCUT2D eigenvalue weighted by atomic mass is 9.92. The maximum absolute atomic E-state index is 11.2. The molecule has 0 heterocycles. The maximum Gasteiger partial charge on any atom is 0.372 e. The van der Waals surface area contributed by atoms with E-state index in [1.54, 1.807) is 0 Å². The van der Waals surface area contributed by atoms with Crippen molar-refractivity contribution >= 4 is 23.6 Å². The fraction of sp³-hybridized carbons (Fsp3) is 0.692. The standard InChI is InChI=1S/C13H22N2O8/c1-5(16)10(14-6(2)17)12(21)11(15-7(3)18)8(19)4-9(20)13(22)23/h5,8,10-12,16,19,21H,4H2,1-3H3,(H,14,17)(H,15,18)(H,22,23)/t5-,8+,10-,11-,12+/m1/s1. The zero-order chi connectivity index (χ0) is 18.3. The molecule has 0 aromatic carbocycles. The van der Waals surface area contributed by atoms with E-state index in [9.17, 15) is 34.5 Å². The number of hydrogen-bond donors (Lipinski definition) is 6. The minimum absolute atomic E-state index is 0.576. The fourth-order valence-corrected chi connectivity index (χ4v) is 2.00. The van der Waals surface area contributed by atoms with Crippen LogP contribution in [-0.4, -0.2) is 74.4 Å². The first kappa shape index (κ1) is 21.0. The third-order valence-electron chi connectivity index (χ3n) is 3.04. The summed E-state index contributed by atoms with van der Waals surface area (Å²) in [7, 11) is 0. The number of aliphatic carboxylic acids is 1. The number of carbonyl (C=O) groups is 4. The number of ketones is 1. The number of Topliss-reactive ketones (excluding diaryl/α,β-unsaturated/α-hetero) is 1. The first-order chi connectivity index (χ1) is 10.5. The van der Waals surface area contributed by atoms with E-state index in [0.29, 0.717) is 0 Å². The van der Waals surface area contributed by atoms with Crippen molar-refractivity contribution in [1.29, 1.82) is 0 Å². The van der Waals surface area contributed by atoms with E-state index >= 15 is 0 Å². The monoisotopic (exact) mass is 334 g/mol. The summed E-state index contributed by atoms with van der Waals surface area (Å²) in [6.07, 6.45) is -5.50. The topological polar surface area (TPSA) is 173 Å². The molecule has 0 bridgehead atoms. The SMILES string of the molecule is CC(=O)N[C@@H]([C@H](O)[C@H](NC(C)=O)[C@@H](O)CC(=O)C(=O)O)[C@@H](C)O. The highest BCUT2D eigenvalue weighted by Crippen LogP contribution is 2.12. The number of amides is 2. The van der Waals surface area contributed by atoms with Gasteiger partial charge in [0.15, 0.2) is 0 Å². The summed E-state index contributed by atoms with van der Waals surface area (Å²) < 4.78 is 0. The molecule has 0 saturated carbocycles. The summed E-state index contributed by atoms with van der Waals surface area (Å²) in [5, 5.41) is 42.8. The fourth-order valence-electron chi connectivity index (χ4n) is 2.00. The molecule has 5 atom stereocenters. The van der Waals surface area contributed by atoms with Crippen LogP contribution in [-0.2, 0) is 19.2 Å². The molecule has 132 valence electrons. The van der Waals surface area contributed by atoms with Gasteiger partial charge in [0.05, 0.1) is 30.4 Å². The van der Waals surface area contributed by atoms with E-state index in [1.807, 2.05) is 0 Å². The number of aliphatic hydroxyl groups is 3. The summed E-state index contributed by atoms with van der Waals surface area (Å²) in [5.74, 6) is -4.32. The molecule has 0 radical (unpaired) electrons. The molecule has 0 aromatic heterocycles. The zero-order valence-electron chi connectivity index (χ0n) is 13.0. The second-order valence-corrected chi connectivity index (χ2v) is 5.18. The Morgan fingerprint density at radius 1 is 0.913 bits per heavy atom. The average molecular weight is 334 g/mol. The van der Waals surface area contributed by atoms with Crippen molar-refractivity contribution in [3.63, 3.8) is 0 Å². The van der Waals surface area contributed by atoms with Crippen molar-refractivity contribution in [3.8, 4) is 0 Å². The number of hydrogen-bond acceptors (Lipinski definition) is 7. The number of carbonyl (C=O) groups excluding carboxylic acids is 3. The van der Waals surface area contributed by atoms with Crippen LogP contribution in [0.1, 0.15) is 27.2 Å². The summed E-state index contributed by atoms with van der Waals surface area (Å²) in [4.78, 5) is 44.0. The van der Waals surface area contributed by atoms with Crippen molar-refractivity contribution in [2.24, 2.45) is 0 Å². The third-order valence-corrected chi connectivity index (χ3v) is 3.04. The molecule has 10 nitrogen and oxygen atoms in total. The smallest absolute Gasteiger partial charge is 0.372 e. The van der Waals surface area contributed by atoms with Crippen LogP contribution in [0.4, 0.5) is 0 Å². The Hall–Kier alpha value is -2.04. The molecule has 23 heavy (non-hydrogen) atoms. The highest BCUT2D eigenvalue weighted by molar-refractivity contribution is 6.32. The molecule has 6 N–H and O–H groups in total. The van der Waals surface area contributed by atoms with Crippen molar-refractivity contribution in [2.75, 3.05) is 0 Å². The van der Waals surface area contributed by atoms with Gasteiger partial charge in [0, 0.05) is 20.3 Å². The van der Waals surface area contributed by atoms with Gasteiger partial charge in [-0.05, 0) is 6.92 Å². The summed E-state index contributed by atoms with van der Waals surface area (Å²) >= 11 is 0. The van der Waals surface area contributed by atoms with Crippen molar-refractivity contribution in [2.45, 2.75) is 57.6 Å². The number of rotatable bonds is 9. The minimum atomic E-state index is -1.77. The molecule has 0 fully saturated rings. The quantitative estimate of drug-likeness (QED) is 0.244. The van der Waals surface area contributed by atoms with Gasteiger partial charge in [0.1, 0.15) is 0 Å². The van der Waals surface area contributed by atoms with Crippen molar-refractivity contribution < 1.29 is 39.6 Å². The molecule has 10 heteroatoms. The molecule has 0 aliphatic carbocycles. The molecule has 0 aromatic rings. The second kappa shape index (κ2) is 9.18. The van der Waals surface area contributed by atoms with Crippen molar-refractivity contribution in [1.82, 2.24) is 10.6 Å². The number of carboxylic acids is 1. The first-order valence-electron chi connectivity index (χ1n) is 6.81. The van der Waals surface area contributed by atoms with Crippen LogP contribution in [0.2, 0.25) is 0 Å². The zero-order valence-corrected chi connectivity index (χ0v) is 13.0. The average Bonchev–Trinajstić information content (AvgIpc) is 2.40. The van der Waals surface area contributed by atoms with E-state index in [0.717, 1.165) is 13.8 Å². The van der Waals surface area contributed by atoms with Crippen LogP contribution < -0.4 is 10.6 Å². The molecule has 0 aliphatic heterocycles. The molecular formula is C13H22N2O8. The van der Waals surface area contributed by atoms with Gasteiger partial charge in [-0.1, -0.05) is 0 Å². The summed E-state index contributed by atoms with van der Waals surface area (Å²) in [6, 6.07) is -2.72. The van der Waals surface area contributed by atoms with Gasteiger partial charge in [0.2, 0.25) is 17.6 Å². The number of aliphatic hydroxyl groups excluding tert-OH is 3. The Balaban J connectivity index is 5.32. The van der Waals surface area contributed by atoms with Crippen LogP contribution in [0.15, 0.2) is 0 Å². The van der Waals surface area contributed by atoms with Crippen LogP contribution in [0, 0.1) is 0 Å². The second-order valence-electron chi connectivity index (χ2n) is 5.18. The van der Waals surface area contributed by atoms with Gasteiger partial charge >= 0.3 is 5.97 Å². The van der Waals surface area contributed by atoms with Gasteiger partial charge in [-0.3, -0.25) is 14.4 Å². The van der Waals surface area contributed by atoms with Gasteiger partial charge in [-0.25, -0.2) is 4.79 Å². The largest absolute Gasteiger partial charge is 0.475 e. The van der Waals surface area contributed by atoms with Gasteiger partial charge in [-0.15, -0.1) is 0 Å². The lowest BCUT2D eigenvalue weighted by molar-refractivity contribution is -0.150. The lowest BCUT2D eigenvalue weighted by Gasteiger charge is -2.34. The first-order valence-corrected chi connectivity index (χ1v) is 6.81. The predicted octanol–water partition coefficient (Wildman–Crippen LogP) is -2.86. The van der Waals surface area contributed by atoms with Crippen LogP contribution in [0.5, 0.6) is 0 Å². The lowest BCUT2D eigenvalue weighted by Crippen LogP contribution is -2.61. The number of nitrogens with one attached hydrogen (secondary N) is 2. The van der Waals surface area contributed by atoms with Crippen LogP contribution >= 0.6 is 0 Å². The highest BCUT2D eigenvalue weighted by atomic mass is 16.4. The van der Waals surface area contributed by atoms with E-state index in [4.69, 9.17) is 5.11 Å². The third kappa shape index (κ3) is 7.17. The molecule has 0 saturated heterocycles. The Morgan fingerprint density at radius 3 is 1.70 bits per heavy atom. The molecular weight excluding hydrogens is 312 g/mol. The van der Waals surface area contributed by atoms with E-state index < -0.39 is 60.4 Å². The maximum atomic E-state index is 11.2.